The van der Waals surface area contributed by atoms with Gasteiger partial charge in [-0.2, -0.15) is 0 Å². The lowest BCUT2D eigenvalue weighted by atomic mass is 10.1. The largest absolute Gasteiger partial charge is 0.398 e. The fourth-order valence-corrected chi connectivity index (χ4v) is 1.77. The van der Waals surface area contributed by atoms with E-state index in [1.165, 1.54) is 17.1 Å². The molecule has 0 aliphatic heterocycles. The quantitative estimate of drug-likeness (QED) is 0.397. The normalized spacial score (nSPS) is 13.4. The van der Waals surface area contributed by atoms with Crippen LogP contribution in [-0.2, 0) is 6.42 Å². The standard InChI is InChI=1S/C15H20N2O2/c1-4-7-11-10-12(8-9-13(11)16)17(14(18)5-2)15(19)6-3/h4-6,8-10,14-15,18-19H,1-3,7,16H2. The summed E-state index contributed by atoms with van der Waals surface area (Å²) >= 11 is 0. The summed E-state index contributed by atoms with van der Waals surface area (Å²) in [4.78, 5) is 1.38. The van der Waals surface area contributed by atoms with Crippen LogP contribution in [0.5, 0.6) is 0 Å². The van der Waals surface area contributed by atoms with Gasteiger partial charge in [0.1, 0.15) is 12.5 Å². The number of allylic oxidation sites excluding steroid dienone is 1. The number of aliphatic hydroxyl groups is 2. The van der Waals surface area contributed by atoms with Crippen LogP contribution < -0.4 is 10.6 Å². The second kappa shape index (κ2) is 6.78. The maximum Gasteiger partial charge on any atom is 0.148 e. The minimum atomic E-state index is -1.02. The van der Waals surface area contributed by atoms with E-state index in [1.807, 2.05) is 0 Å². The van der Waals surface area contributed by atoms with Crippen LogP contribution in [0.1, 0.15) is 5.56 Å². The van der Waals surface area contributed by atoms with Gasteiger partial charge >= 0.3 is 0 Å². The Morgan fingerprint density at radius 3 is 2.21 bits per heavy atom. The molecule has 102 valence electrons. The average Bonchev–Trinajstić information content (AvgIpc) is 2.42. The molecule has 0 spiro atoms. The van der Waals surface area contributed by atoms with E-state index in [4.69, 9.17) is 5.73 Å². The highest BCUT2D eigenvalue weighted by Crippen LogP contribution is 2.25. The molecule has 0 bridgehead atoms. The van der Waals surface area contributed by atoms with Gasteiger partial charge in [-0.1, -0.05) is 19.2 Å². The molecule has 0 amide bonds. The van der Waals surface area contributed by atoms with Gasteiger partial charge in [0.15, 0.2) is 0 Å². The molecule has 1 aromatic rings. The number of nitrogens with zero attached hydrogens (tertiary/aromatic N) is 1. The summed E-state index contributed by atoms with van der Waals surface area (Å²) in [7, 11) is 0. The Bertz CT molecular complexity index is 457. The van der Waals surface area contributed by atoms with Crippen LogP contribution in [0.25, 0.3) is 0 Å². The zero-order valence-electron chi connectivity index (χ0n) is 10.9. The van der Waals surface area contributed by atoms with E-state index in [2.05, 4.69) is 19.7 Å². The van der Waals surface area contributed by atoms with E-state index in [0.29, 0.717) is 17.8 Å². The molecule has 0 aliphatic carbocycles. The number of anilines is 2. The minimum absolute atomic E-state index is 0.613. The van der Waals surface area contributed by atoms with Gasteiger partial charge < -0.3 is 20.8 Å². The lowest BCUT2D eigenvalue weighted by Gasteiger charge is -2.31. The molecule has 0 fully saturated rings. The number of nitrogen functional groups attached to an aromatic ring is 1. The fourth-order valence-electron chi connectivity index (χ4n) is 1.77. The molecule has 1 aromatic carbocycles. The number of nitrogens with two attached hydrogens (primary N) is 1. The first kappa shape index (κ1) is 15.0. The monoisotopic (exact) mass is 260 g/mol. The molecule has 4 N–H and O–H groups in total. The Morgan fingerprint density at radius 2 is 1.74 bits per heavy atom. The van der Waals surface area contributed by atoms with Crippen molar-refractivity contribution in [2.24, 2.45) is 0 Å². The van der Waals surface area contributed by atoms with E-state index >= 15 is 0 Å². The Hall–Kier alpha value is -2.04. The molecular formula is C15H20N2O2. The van der Waals surface area contributed by atoms with Crippen molar-refractivity contribution in [1.82, 2.24) is 0 Å². The van der Waals surface area contributed by atoms with Gasteiger partial charge in [0, 0.05) is 11.4 Å². The van der Waals surface area contributed by atoms with Gasteiger partial charge in [-0.15, -0.1) is 6.58 Å². The summed E-state index contributed by atoms with van der Waals surface area (Å²) in [6.07, 6.45) is 2.98. The van der Waals surface area contributed by atoms with Crippen molar-refractivity contribution < 1.29 is 10.2 Å². The Labute approximate surface area is 113 Å². The van der Waals surface area contributed by atoms with E-state index in [0.717, 1.165) is 5.56 Å². The SMILES string of the molecule is C=CCc1cc(N(C(O)C=C)C(O)C=C)ccc1N. The van der Waals surface area contributed by atoms with Crippen LogP contribution in [-0.4, -0.2) is 22.7 Å². The highest BCUT2D eigenvalue weighted by molar-refractivity contribution is 5.60. The van der Waals surface area contributed by atoms with Crippen molar-refractivity contribution in [2.45, 2.75) is 18.9 Å². The molecule has 0 heterocycles. The van der Waals surface area contributed by atoms with Crippen LogP contribution in [0.15, 0.2) is 56.2 Å². The predicted molar refractivity (Wildman–Crippen MR) is 79.6 cm³/mol. The molecule has 2 atom stereocenters. The van der Waals surface area contributed by atoms with E-state index < -0.39 is 12.5 Å². The summed E-state index contributed by atoms with van der Waals surface area (Å²) in [5, 5.41) is 19.8. The van der Waals surface area contributed by atoms with Crippen LogP contribution in [0, 0.1) is 0 Å². The lowest BCUT2D eigenvalue weighted by Crippen LogP contribution is -2.41. The highest BCUT2D eigenvalue weighted by Gasteiger charge is 2.19. The molecule has 19 heavy (non-hydrogen) atoms. The van der Waals surface area contributed by atoms with Crippen molar-refractivity contribution >= 4 is 11.4 Å². The zero-order valence-corrected chi connectivity index (χ0v) is 10.9. The molecule has 2 unspecified atom stereocenters. The van der Waals surface area contributed by atoms with E-state index in [-0.39, 0.29) is 0 Å². The number of hydrogen-bond acceptors (Lipinski definition) is 4. The molecule has 4 heteroatoms. The molecular weight excluding hydrogens is 240 g/mol. The van der Waals surface area contributed by atoms with Crippen molar-refractivity contribution in [2.75, 3.05) is 10.6 Å². The number of aliphatic hydroxyl groups excluding tert-OH is 2. The number of benzene rings is 1. The second-order valence-corrected chi connectivity index (χ2v) is 4.08. The maximum absolute atomic E-state index is 9.91. The fraction of sp³-hybridized carbons (Fsp3) is 0.200. The Kier molecular flexibility index (Phi) is 5.36. The third-order valence-corrected chi connectivity index (χ3v) is 2.78. The van der Waals surface area contributed by atoms with Crippen LogP contribution in [0.2, 0.25) is 0 Å². The zero-order chi connectivity index (χ0) is 14.4. The number of rotatable bonds is 7. The van der Waals surface area contributed by atoms with E-state index in [9.17, 15) is 10.2 Å². The Balaban J connectivity index is 3.22. The van der Waals surface area contributed by atoms with Crippen LogP contribution in [0.3, 0.4) is 0 Å². The van der Waals surface area contributed by atoms with Gasteiger partial charge in [0.05, 0.1) is 0 Å². The highest BCUT2D eigenvalue weighted by atomic mass is 16.3. The first-order chi connectivity index (χ1) is 9.04. The summed E-state index contributed by atoms with van der Waals surface area (Å²) in [5.41, 5.74) is 8.01. The maximum atomic E-state index is 9.91. The molecule has 0 saturated carbocycles. The Morgan fingerprint density at radius 1 is 1.16 bits per heavy atom. The smallest absolute Gasteiger partial charge is 0.148 e. The van der Waals surface area contributed by atoms with Crippen molar-refractivity contribution in [3.8, 4) is 0 Å². The van der Waals surface area contributed by atoms with Crippen LogP contribution in [0.4, 0.5) is 11.4 Å². The third kappa shape index (κ3) is 3.47. The van der Waals surface area contributed by atoms with Gasteiger partial charge in [-0.05, 0) is 42.3 Å². The minimum Gasteiger partial charge on any atom is -0.398 e. The summed E-state index contributed by atoms with van der Waals surface area (Å²) < 4.78 is 0. The first-order valence-corrected chi connectivity index (χ1v) is 5.94. The molecule has 0 aromatic heterocycles. The van der Waals surface area contributed by atoms with Crippen molar-refractivity contribution in [3.05, 3.63) is 61.7 Å². The van der Waals surface area contributed by atoms with Gasteiger partial charge in [0.25, 0.3) is 0 Å². The predicted octanol–water partition coefficient (Wildman–Crippen LogP) is 1.81. The van der Waals surface area contributed by atoms with Gasteiger partial charge in [-0.3, -0.25) is 0 Å². The number of hydrogen-bond donors (Lipinski definition) is 3. The van der Waals surface area contributed by atoms with Gasteiger partial charge in [-0.25, -0.2) is 0 Å². The summed E-state index contributed by atoms with van der Waals surface area (Å²) in [6, 6.07) is 5.25. The second-order valence-electron chi connectivity index (χ2n) is 4.08. The lowest BCUT2D eigenvalue weighted by molar-refractivity contribution is 0.136. The third-order valence-electron chi connectivity index (χ3n) is 2.78. The first-order valence-electron chi connectivity index (χ1n) is 5.94. The molecule has 0 aliphatic rings. The molecule has 0 saturated heterocycles. The van der Waals surface area contributed by atoms with Crippen molar-refractivity contribution in [3.63, 3.8) is 0 Å². The molecule has 4 nitrogen and oxygen atoms in total. The average molecular weight is 260 g/mol. The summed E-state index contributed by atoms with van der Waals surface area (Å²) in [6.45, 7) is 10.7. The summed E-state index contributed by atoms with van der Waals surface area (Å²) in [5.74, 6) is 0. The van der Waals surface area contributed by atoms with E-state index in [1.54, 1.807) is 24.3 Å². The van der Waals surface area contributed by atoms with Gasteiger partial charge in [0.2, 0.25) is 0 Å². The molecule has 1 rings (SSSR count). The molecule has 0 radical (unpaired) electrons. The van der Waals surface area contributed by atoms with Crippen molar-refractivity contribution in [1.29, 1.82) is 0 Å². The topological polar surface area (TPSA) is 69.7 Å². The van der Waals surface area contributed by atoms with Crippen LogP contribution >= 0.6 is 0 Å².